The van der Waals surface area contributed by atoms with E-state index in [4.69, 9.17) is 16.3 Å². The van der Waals surface area contributed by atoms with E-state index in [1.165, 1.54) is 11.1 Å². The summed E-state index contributed by atoms with van der Waals surface area (Å²) < 4.78 is 6.03. The van der Waals surface area contributed by atoms with Crippen LogP contribution in [0.15, 0.2) is 36.4 Å². The lowest BCUT2D eigenvalue weighted by Crippen LogP contribution is -1.95. The van der Waals surface area contributed by atoms with Crippen molar-refractivity contribution in [1.82, 2.24) is 0 Å². The third-order valence-corrected chi connectivity index (χ3v) is 4.10. The van der Waals surface area contributed by atoms with Crippen LogP contribution < -0.4 is 4.74 Å². The lowest BCUT2D eigenvalue weighted by atomic mass is 10.0. The van der Waals surface area contributed by atoms with Gasteiger partial charge in [-0.05, 0) is 47.7 Å². The van der Waals surface area contributed by atoms with Crippen molar-refractivity contribution in [3.63, 3.8) is 0 Å². The number of aryl methyl sites for hydroxylation is 1. The van der Waals surface area contributed by atoms with Crippen LogP contribution in [0, 0.1) is 6.92 Å². The molecule has 0 radical (unpaired) electrons. The summed E-state index contributed by atoms with van der Waals surface area (Å²) in [5.74, 6) is 1.99. The summed E-state index contributed by atoms with van der Waals surface area (Å²) in [5, 5.41) is 1.42. The van der Waals surface area contributed by atoms with Gasteiger partial charge in [0.25, 0.3) is 0 Å². The van der Waals surface area contributed by atoms with Crippen molar-refractivity contribution in [1.29, 1.82) is 0 Å². The topological polar surface area (TPSA) is 9.23 Å². The molecule has 106 valence electrons. The van der Waals surface area contributed by atoms with Crippen LogP contribution in [0.1, 0.15) is 36.5 Å². The molecule has 0 saturated heterocycles. The molecule has 0 heterocycles. The third-order valence-electron chi connectivity index (χ3n) is 3.16. The Bertz CT molecular complexity index is 608. The molecule has 0 fully saturated rings. The van der Waals surface area contributed by atoms with Gasteiger partial charge in [-0.15, -0.1) is 0 Å². The summed E-state index contributed by atoms with van der Waals surface area (Å²) in [7, 11) is 0. The van der Waals surface area contributed by atoms with Crippen LogP contribution in [0.2, 0.25) is 5.02 Å². The fraction of sp³-hybridized carbons (Fsp3) is 0.294. The first-order valence-electron chi connectivity index (χ1n) is 6.64. The third kappa shape index (κ3) is 3.56. The smallest absolute Gasteiger partial charge is 0.146 e. The molecule has 3 heteroatoms. The van der Waals surface area contributed by atoms with E-state index >= 15 is 0 Å². The van der Waals surface area contributed by atoms with E-state index in [1.807, 2.05) is 18.2 Å². The average molecular weight is 354 g/mol. The van der Waals surface area contributed by atoms with Crippen LogP contribution in [0.3, 0.4) is 0 Å². The first-order valence-corrected chi connectivity index (χ1v) is 8.14. The first-order chi connectivity index (χ1) is 9.51. The van der Waals surface area contributed by atoms with Gasteiger partial charge in [0.05, 0.1) is 5.02 Å². The zero-order valence-electron chi connectivity index (χ0n) is 11.9. The Morgan fingerprint density at radius 1 is 1.10 bits per heavy atom. The van der Waals surface area contributed by atoms with Crippen LogP contribution in [0.25, 0.3) is 0 Å². The van der Waals surface area contributed by atoms with Crippen molar-refractivity contribution in [3.05, 3.63) is 58.1 Å². The zero-order chi connectivity index (χ0) is 14.7. The van der Waals surface area contributed by atoms with Gasteiger partial charge in [-0.1, -0.05) is 59.6 Å². The molecule has 0 amide bonds. The maximum absolute atomic E-state index is 6.28. The van der Waals surface area contributed by atoms with Gasteiger partial charge in [0.1, 0.15) is 11.5 Å². The maximum atomic E-state index is 6.28. The quantitative estimate of drug-likeness (QED) is 0.573. The molecule has 0 aliphatic heterocycles. The fourth-order valence-electron chi connectivity index (χ4n) is 2.04. The van der Waals surface area contributed by atoms with Crippen LogP contribution in [-0.2, 0) is 5.33 Å². The molecule has 0 aromatic heterocycles. The highest BCUT2D eigenvalue weighted by atomic mass is 79.9. The standard InChI is InChI=1S/C17H18BrClO/c1-11(2)14-6-4-12(3)8-17(14)20-16-7-5-13(10-18)9-15(16)19/h4-9,11H,10H2,1-3H3. The number of ether oxygens (including phenoxy) is 1. The Hall–Kier alpha value is -0.990. The second-order valence-corrected chi connectivity index (χ2v) is 6.16. The molecule has 20 heavy (non-hydrogen) atoms. The number of rotatable bonds is 4. The minimum absolute atomic E-state index is 0.409. The van der Waals surface area contributed by atoms with Gasteiger partial charge in [0.15, 0.2) is 0 Å². The monoisotopic (exact) mass is 352 g/mol. The lowest BCUT2D eigenvalue weighted by Gasteiger charge is -2.15. The summed E-state index contributed by atoms with van der Waals surface area (Å²) in [6.07, 6.45) is 0. The molecule has 1 nitrogen and oxygen atoms in total. The van der Waals surface area contributed by atoms with E-state index in [0.29, 0.717) is 16.7 Å². The van der Waals surface area contributed by atoms with Crippen LogP contribution >= 0.6 is 27.5 Å². The molecule has 0 aliphatic carbocycles. The van der Waals surface area contributed by atoms with Crippen molar-refractivity contribution in [3.8, 4) is 11.5 Å². The van der Waals surface area contributed by atoms with Crippen molar-refractivity contribution in [2.24, 2.45) is 0 Å². The predicted octanol–water partition coefficient (Wildman–Crippen LogP) is 6.46. The summed E-state index contributed by atoms with van der Waals surface area (Å²) >= 11 is 9.71. The average Bonchev–Trinajstić information content (AvgIpc) is 2.40. The Labute approximate surface area is 134 Å². The maximum Gasteiger partial charge on any atom is 0.146 e. The fourth-order valence-corrected chi connectivity index (χ4v) is 2.63. The van der Waals surface area contributed by atoms with Gasteiger partial charge in [-0.25, -0.2) is 0 Å². The molecule has 0 unspecified atom stereocenters. The second kappa shape index (κ2) is 6.64. The molecule has 2 aromatic carbocycles. The summed E-state index contributed by atoms with van der Waals surface area (Å²) in [4.78, 5) is 0. The minimum atomic E-state index is 0.409. The van der Waals surface area contributed by atoms with Gasteiger partial charge in [-0.2, -0.15) is 0 Å². The largest absolute Gasteiger partial charge is 0.455 e. The van der Waals surface area contributed by atoms with E-state index in [2.05, 4.69) is 54.9 Å². The van der Waals surface area contributed by atoms with Gasteiger partial charge >= 0.3 is 0 Å². The summed E-state index contributed by atoms with van der Waals surface area (Å²) in [6, 6.07) is 12.2. The van der Waals surface area contributed by atoms with Crippen LogP contribution in [-0.4, -0.2) is 0 Å². The van der Waals surface area contributed by atoms with Gasteiger partial charge < -0.3 is 4.74 Å². The Morgan fingerprint density at radius 3 is 2.45 bits per heavy atom. The molecular formula is C17H18BrClO. The molecule has 0 spiro atoms. The van der Waals surface area contributed by atoms with E-state index in [0.717, 1.165) is 16.6 Å². The Morgan fingerprint density at radius 2 is 1.85 bits per heavy atom. The normalized spacial score (nSPS) is 10.9. The first kappa shape index (κ1) is 15.4. The predicted molar refractivity (Wildman–Crippen MR) is 89.4 cm³/mol. The van der Waals surface area contributed by atoms with Crippen LogP contribution in [0.5, 0.6) is 11.5 Å². The Balaban J connectivity index is 2.36. The van der Waals surface area contributed by atoms with Crippen molar-refractivity contribution in [2.45, 2.75) is 32.0 Å². The zero-order valence-corrected chi connectivity index (χ0v) is 14.3. The molecule has 0 N–H and O–H groups in total. The lowest BCUT2D eigenvalue weighted by molar-refractivity contribution is 0.473. The van der Waals surface area contributed by atoms with Crippen molar-refractivity contribution in [2.75, 3.05) is 0 Å². The molecule has 0 bridgehead atoms. The van der Waals surface area contributed by atoms with Crippen LogP contribution in [0.4, 0.5) is 0 Å². The number of hydrogen-bond acceptors (Lipinski definition) is 1. The highest BCUT2D eigenvalue weighted by Gasteiger charge is 2.11. The number of benzene rings is 2. The van der Waals surface area contributed by atoms with E-state index in [-0.39, 0.29) is 0 Å². The van der Waals surface area contributed by atoms with E-state index in [9.17, 15) is 0 Å². The van der Waals surface area contributed by atoms with Gasteiger partial charge in [0.2, 0.25) is 0 Å². The van der Waals surface area contributed by atoms with E-state index in [1.54, 1.807) is 0 Å². The highest BCUT2D eigenvalue weighted by molar-refractivity contribution is 9.08. The highest BCUT2D eigenvalue weighted by Crippen LogP contribution is 2.35. The van der Waals surface area contributed by atoms with Crippen molar-refractivity contribution < 1.29 is 4.74 Å². The van der Waals surface area contributed by atoms with E-state index < -0.39 is 0 Å². The molecule has 0 atom stereocenters. The Kier molecular flexibility index (Phi) is 5.11. The molecular weight excluding hydrogens is 336 g/mol. The summed E-state index contributed by atoms with van der Waals surface area (Å²) in [5.41, 5.74) is 3.50. The number of halogens is 2. The van der Waals surface area contributed by atoms with Crippen molar-refractivity contribution >= 4 is 27.5 Å². The second-order valence-electron chi connectivity index (χ2n) is 5.20. The molecule has 0 aliphatic rings. The van der Waals surface area contributed by atoms with Gasteiger partial charge in [0, 0.05) is 5.33 Å². The van der Waals surface area contributed by atoms with Gasteiger partial charge in [-0.3, -0.25) is 0 Å². The summed E-state index contributed by atoms with van der Waals surface area (Å²) in [6.45, 7) is 6.38. The SMILES string of the molecule is Cc1ccc(C(C)C)c(Oc2ccc(CBr)cc2Cl)c1. The molecule has 0 saturated carbocycles. The minimum Gasteiger partial charge on any atom is -0.455 e. The number of hydrogen-bond donors (Lipinski definition) is 0. The molecule has 2 rings (SSSR count). The molecule has 2 aromatic rings. The number of alkyl halides is 1.